The van der Waals surface area contributed by atoms with Crippen LogP contribution in [0.25, 0.3) is 0 Å². The molecule has 1 unspecified atom stereocenters. The smallest absolute Gasteiger partial charge is 0.251 e. The van der Waals surface area contributed by atoms with Crippen LogP contribution in [0.4, 0.5) is 23.0 Å². The molecule has 12 heteroatoms. The number of hydrogen-bond donors (Lipinski definition) is 3. The zero-order valence-electron chi connectivity index (χ0n) is 22.6. The van der Waals surface area contributed by atoms with E-state index in [1.54, 1.807) is 24.1 Å². The van der Waals surface area contributed by atoms with Gasteiger partial charge in [0.2, 0.25) is 5.91 Å². The zero-order chi connectivity index (χ0) is 27.9. The van der Waals surface area contributed by atoms with Gasteiger partial charge in [-0.2, -0.15) is 0 Å². The van der Waals surface area contributed by atoms with Gasteiger partial charge >= 0.3 is 0 Å². The molecule has 1 saturated heterocycles. The quantitative estimate of drug-likeness (QED) is 0.417. The SMILES string of the molecule is COc1ccc2cc1OCCNC(=O)C1CN(CCO1)C(=O)CN(C)Cc1cccc(c1)Nc1cc(ncn1)N2. The first-order valence-electron chi connectivity index (χ1n) is 13.1. The second-order valence-electron chi connectivity index (χ2n) is 9.62. The van der Waals surface area contributed by atoms with Crippen molar-refractivity contribution in [3.63, 3.8) is 0 Å². The number of anilines is 4. The molecule has 1 atom stereocenters. The van der Waals surface area contributed by atoms with E-state index in [2.05, 4.69) is 25.9 Å². The van der Waals surface area contributed by atoms with Gasteiger partial charge < -0.3 is 35.1 Å². The van der Waals surface area contributed by atoms with Crippen LogP contribution in [0.15, 0.2) is 54.9 Å². The number of benzene rings is 2. The van der Waals surface area contributed by atoms with Crippen LogP contribution in [0.2, 0.25) is 0 Å². The lowest BCUT2D eigenvalue weighted by Crippen LogP contribution is -2.53. The number of rotatable bonds is 1. The van der Waals surface area contributed by atoms with Gasteiger partial charge in [0, 0.05) is 36.6 Å². The number of hydrogen-bond acceptors (Lipinski definition) is 10. The molecule has 3 heterocycles. The van der Waals surface area contributed by atoms with Gasteiger partial charge in [-0.15, -0.1) is 0 Å². The molecule has 3 N–H and O–H groups in total. The van der Waals surface area contributed by atoms with Crippen LogP contribution in [-0.2, 0) is 20.9 Å². The second kappa shape index (κ2) is 12.6. The molecule has 12 nitrogen and oxygen atoms in total. The minimum absolute atomic E-state index is 0.0485. The molecule has 0 saturated carbocycles. The van der Waals surface area contributed by atoms with E-state index in [0.717, 1.165) is 16.9 Å². The van der Waals surface area contributed by atoms with Crippen LogP contribution in [-0.4, -0.2) is 91.2 Å². The Hall–Kier alpha value is -4.42. The van der Waals surface area contributed by atoms with E-state index in [0.29, 0.717) is 42.8 Å². The molecule has 2 amide bonds. The summed E-state index contributed by atoms with van der Waals surface area (Å²) in [5, 5.41) is 9.44. The van der Waals surface area contributed by atoms with E-state index in [-0.39, 0.29) is 38.1 Å². The largest absolute Gasteiger partial charge is 0.493 e. The third-order valence-electron chi connectivity index (χ3n) is 6.53. The predicted octanol–water partition coefficient (Wildman–Crippen LogP) is 2.14. The minimum Gasteiger partial charge on any atom is -0.493 e. The van der Waals surface area contributed by atoms with Crippen molar-refractivity contribution in [1.29, 1.82) is 0 Å². The molecule has 0 radical (unpaired) electrons. The van der Waals surface area contributed by atoms with E-state index in [9.17, 15) is 9.59 Å². The molecule has 3 aromatic rings. The number of nitrogens with one attached hydrogen (secondary N) is 3. The number of amides is 2. The van der Waals surface area contributed by atoms with Crippen molar-refractivity contribution >= 4 is 34.8 Å². The summed E-state index contributed by atoms with van der Waals surface area (Å²) in [7, 11) is 3.47. The Balaban J connectivity index is 1.39. The molecule has 5 rings (SSSR count). The highest BCUT2D eigenvalue weighted by atomic mass is 16.5. The first-order valence-corrected chi connectivity index (χ1v) is 13.1. The number of likely N-dealkylation sites (N-methyl/N-ethyl adjacent to an activating group) is 1. The van der Waals surface area contributed by atoms with Gasteiger partial charge in [-0.1, -0.05) is 12.1 Å². The number of methoxy groups -OCH3 is 1. The molecule has 0 aliphatic carbocycles. The highest BCUT2D eigenvalue weighted by molar-refractivity contribution is 5.83. The van der Waals surface area contributed by atoms with Crippen LogP contribution in [0.5, 0.6) is 11.5 Å². The fourth-order valence-corrected chi connectivity index (χ4v) is 4.59. The summed E-state index contributed by atoms with van der Waals surface area (Å²) in [6, 6.07) is 15.2. The molecule has 2 aromatic carbocycles. The Morgan fingerprint density at radius 3 is 2.58 bits per heavy atom. The number of morpholine rings is 1. The van der Waals surface area contributed by atoms with E-state index in [1.165, 1.54) is 6.33 Å². The molecule has 1 aromatic heterocycles. The number of nitrogens with zero attached hydrogens (tertiary/aromatic N) is 4. The molecular formula is C28H33N7O5. The van der Waals surface area contributed by atoms with Crippen LogP contribution >= 0.6 is 0 Å². The second-order valence-corrected chi connectivity index (χ2v) is 9.62. The van der Waals surface area contributed by atoms with Crippen molar-refractivity contribution in [2.75, 3.05) is 64.2 Å². The summed E-state index contributed by atoms with van der Waals surface area (Å²) in [5.74, 6) is 1.96. The van der Waals surface area contributed by atoms with Crippen LogP contribution < -0.4 is 25.4 Å². The van der Waals surface area contributed by atoms with Gasteiger partial charge in [-0.25, -0.2) is 9.97 Å². The van der Waals surface area contributed by atoms with Crippen molar-refractivity contribution in [2.45, 2.75) is 12.6 Å². The van der Waals surface area contributed by atoms with E-state index in [4.69, 9.17) is 14.2 Å². The lowest BCUT2D eigenvalue weighted by Gasteiger charge is -2.33. The number of ether oxygens (including phenoxy) is 3. The van der Waals surface area contributed by atoms with Crippen molar-refractivity contribution in [1.82, 2.24) is 25.1 Å². The standard InChI is InChI=1S/C28H33N7O5/c1-34-15-19-4-3-5-20(12-19)32-25-14-26(31-18-30-25)33-21-6-7-22(38-2)23(13-21)39-10-8-29-28(37)24-16-35(9-11-40-24)27(36)17-34/h3-7,12-14,18,24H,8-11,15-17H2,1-2H3,(H,29,37)(H2,30,31,32,33). The van der Waals surface area contributed by atoms with Gasteiger partial charge in [0.1, 0.15) is 24.6 Å². The van der Waals surface area contributed by atoms with Crippen molar-refractivity contribution in [3.8, 4) is 11.5 Å². The Bertz CT molecular complexity index is 1350. The van der Waals surface area contributed by atoms with E-state index < -0.39 is 6.10 Å². The summed E-state index contributed by atoms with van der Waals surface area (Å²) in [5.41, 5.74) is 2.65. The maximum absolute atomic E-state index is 13.0. The van der Waals surface area contributed by atoms with Crippen LogP contribution in [0, 0.1) is 0 Å². The van der Waals surface area contributed by atoms with Crippen LogP contribution in [0.1, 0.15) is 5.56 Å². The lowest BCUT2D eigenvalue weighted by atomic mass is 10.2. The molecular weight excluding hydrogens is 514 g/mol. The lowest BCUT2D eigenvalue weighted by molar-refractivity contribution is -0.147. The molecule has 1 fully saturated rings. The summed E-state index contributed by atoms with van der Waals surface area (Å²) in [6.07, 6.45) is 0.749. The molecule has 8 bridgehead atoms. The summed E-state index contributed by atoms with van der Waals surface area (Å²) < 4.78 is 17.0. The van der Waals surface area contributed by atoms with E-state index >= 15 is 0 Å². The molecule has 40 heavy (non-hydrogen) atoms. The fourth-order valence-electron chi connectivity index (χ4n) is 4.59. The van der Waals surface area contributed by atoms with Crippen molar-refractivity contribution in [3.05, 3.63) is 60.4 Å². The normalized spacial score (nSPS) is 18.9. The highest BCUT2D eigenvalue weighted by Crippen LogP contribution is 2.31. The van der Waals surface area contributed by atoms with Gasteiger partial charge in [-0.05, 0) is 36.9 Å². The fraction of sp³-hybridized carbons (Fsp3) is 0.357. The first kappa shape index (κ1) is 27.2. The Labute approximate surface area is 232 Å². The van der Waals surface area contributed by atoms with Gasteiger partial charge in [0.25, 0.3) is 5.91 Å². The summed E-state index contributed by atoms with van der Waals surface area (Å²) >= 11 is 0. The Morgan fingerprint density at radius 2 is 1.77 bits per heavy atom. The predicted molar refractivity (Wildman–Crippen MR) is 149 cm³/mol. The third kappa shape index (κ3) is 6.96. The average Bonchev–Trinajstić information content (AvgIpc) is 2.95. The number of carbonyl (C=O) groups excluding carboxylic acids is 2. The summed E-state index contributed by atoms with van der Waals surface area (Å²) in [6.45, 7) is 2.23. The topological polar surface area (TPSA) is 130 Å². The maximum Gasteiger partial charge on any atom is 0.251 e. The maximum atomic E-state index is 13.0. The van der Waals surface area contributed by atoms with Crippen molar-refractivity contribution in [2.24, 2.45) is 0 Å². The van der Waals surface area contributed by atoms with Crippen LogP contribution in [0.3, 0.4) is 0 Å². The number of fused-ring (bicyclic) bond motifs is 8. The average molecular weight is 548 g/mol. The molecule has 0 spiro atoms. The summed E-state index contributed by atoms with van der Waals surface area (Å²) in [4.78, 5) is 38.1. The van der Waals surface area contributed by atoms with Gasteiger partial charge in [0.15, 0.2) is 17.6 Å². The number of aromatic nitrogens is 2. The highest BCUT2D eigenvalue weighted by Gasteiger charge is 2.29. The molecule has 210 valence electrons. The van der Waals surface area contributed by atoms with Crippen molar-refractivity contribution < 1.29 is 23.8 Å². The Kier molecular flexibility index (Phi) is 8.57. The Morgan fingerprint density at radius 1 is 0.975 bits per heavy atom. The first-order chi connectivity index (χ1) is 19.5. The van der Waals surface area contributed by atoms with Gasteiger partial charge in [0.05, 0.1) is 33.4 Å². The number of carbonyl (C=O) groups is 2. The van der Waals surface area contributed by atoms with E-state index in [1.807, 2.05) is 48.3 Å². The monoisotopic (exact) mass is 547 g/mol. The minimum atomic E-state index is -0.731. The third-order valence-corrected chi connectivity index (χ3v) is 6.53. The van der Waals surface area contributed by atoms with Gasteiger partial charge in [-0.3, -0.25) is 14.5 Å². The zero-order valence-corrected chi connectivity index (χ0v) is 22.6. The molecule has 2 aliphatic heterocycles. The molecule has 2 aliphatic rings.